The molecule has 6 nitrogen and oxygen atoms in total. The number of hydrogen-bond donors (Lipinski definition) is 3. The van der Waals surface area contributed by atoms with Gasteiger partial charge in [0, 0.05) is 23.2 Å². The third kappa shape index (κ3) is 3.94. The molecule has 0 saturated heterocycles. The van der Waals surface area contributed by atoms with Crippen LogP contribution in [-0.2, 0) is 17.8 Å². The van der Waals surface area contributed by atoms with Crippen molar-refractivity contribution in [2.75, 3.05) is 5.32 Å². The van der Waals surface area contributed by atoms with Crippen molar-refractivity contribution in [3.05, 3.63) is 89.7 Å². The highest BCUT2D eigenvalue weighted by Crippen LogP contribution is 2.32. The second-order valence-electron chi connectivity index (χ2n) is 6.92. The number of nitrogens with one attached hydrogen (secondary N) is 1. The molecule has 1 amide bonds. The number of amides is 1. The van der Waals surface area contributed by atoms with Gasteiger partial charge in [-0.2, -0.15) is 0 Å². The van der Waals surface area contributed by atoms with Gasteiger partial charge in [-0.15, -0.1) is 0 Å². The Bertz CT molecular complexity index is 1240. The number of carbonyl (C=O) groups excluding carboxylic acids is 1. The first-order chi connectivity index (χ1) is 14.5. The topological polar surface area (TPSA) is 106 Å². The molecule has 0 aliphatic carbocycles. The Morgan fingerprint density at radius 3 is 2.57 bits per heavy atom. The van der Waals surface area contributed by atoms with E-state index in [2.05, 4.69) is 5.32 Å². The molecule has 0 spiro atoms. The monoisotopic (exact) mass is 400 g/mol. The summed E-state index contributed by atoms with van der Waals surface area (Å²) in [5.74, 6) is -1.26. The van der Waals surface area contributed by atoms with Crippen molar-refractivity contribution in [2.45, 2.75) is 13.0 Å². The van der Waals surface area contributed by atoms with Crippen molar-refractivity contribution < 1.29 is 19.1 Å². The van der Waals surface area contributed by atoms with Crippen LogP contribution in [0.5, 0.6) is 0 Å². The molecule has 150 valence electrons. The molecule has 0 saturated carbocycles. The van der Waals surface area contributed by atoms with Gasteiger partial charge >= 0.3 is 5.97 Å². The average Bonchev–Trinajstić information content (AvgIpc) is 3.19. The fourth-order valence-electron chi connectivity index (χ4n) is 3.41. The maximum absolute atomic E-state index is 12.8. The van der Waals surface area contributed by atoms with Gasteiger partial charge < -0.3 is 20.6 Å². The molecule has 4 rings (SSSR count). The highest BCUT2D eigenvalue weighted by Gasteiger charge is 2.17. The van der Waals surface area contributed by atoms with Crippen LogP contribution in [0.2, 0.25) is 0 Å². The molecule has 6 heteroatoms. The smallest absolute Gasteiger partial charge is 0.307 e. The minimum atomic E-state index is -0.968. The Morgan fingerprint density at radius 1 is 0.967 bits per heavy atom. The maximum Gasteiger partial charge on any atom is 0.307 e. The van der Waals surface area contributed by atoms with E-state index < -0.39 is 11.9 Å². The molecule has 4 N–H and O–H groups in total. The van der Waals surface area contributed by atoms with Gasteiger partial charge in [-0.1, -0.05) is 54.6 Å². The van der Waals surface area contributed by atoms with Crippen molar-refractivity contribution in [1.29, 1.82) is 0 Å². The summed E-state index contributed by atoms with van der Waals surface area (Å²) in [7, 11) is 0. The third-order valence-electron chi connectivity index (χ3n) is 4.85. The van der Waals surface area contributed by atoms with Crippen LogP contribution in [0, 0.1) is 0 Å². The number of carboxylic acid groups (broad SMARTS) is 1. The molecule has 0 aliphatic rings. The standard InChI is InChI=1S/C24H20N2O4/c25-14-15-5-3-7-16(11-15)19-9-4-8-18-12-21(30-23(18)19)24(29)26-20-10-2-1-6-17(20)13-22(27)28/h1-12H,13-14,25H2,(H,26,29)(H,27,28). The summed E-state index contributed by atoms with van der Waals surface area (Å²) in [6.07, 6.45) is -0.182. The number of rotatable bonds is 6. The highest BCUT2D eigenvalue weighted by molar-refractivity contribution is 6.06. The summed E-state index contributed by atoms with van der Waals surface area (Å²) in [6, 6.07) is 22.1. The number of carboxylic acids is 1. The van der Waals surface area contributed by atoms with Crippen LogP contribution >= 0.6 is 0 Å². The lowest BCUT2D eigenvalue weighted by Crippen LogP contribution is -2.13. The van der Waals surface area contributed by atoms with E-state index >= 15 is 0 Å². The number of furan rings is 1. The van der Waals surface area contributed by atoms with E-state index in [1.807, 2.05) is 42.5 Å². The van der Waals surface area contributed by atoms with E-state index in [0.29, 0.717) is 23.4 Å². The third-order valence-corrected chi connectivity index (χ3v) is 4.85. The second-order valence-corrected chi connectivity index (χ2v) is 6.92. The number of fused-ring (bicyclic) bond motifs is 1. The summed E-state index contributed by atoms with van der Waals surface area (Å²) < 4.78 is 5.92. The number of anilines is 1. The average molecular weight is 400 g/mol. The highest BCUT2D eigenvalue weighted by atomic mass is 16.4. The van der Waals surface area contributed by atoms with Crippen LogP contribution in [0.3, 0.4) is 0 Å². The van der Waals surface area contributed by atoms with Gasteiger partial charge in [-0.3, -0.25) is 9.59 Å². The van der Waals surface area contributed by atoms with Crippen molar-refractivity contribution in [2.24, 2.45) is 5.73 Å². The minimum Gasteiger partial charge on any atom is -0.481 e. The van der Waals surface area contributed by atoms with E-state index in [1.54, 1.807) is 30.3 Å². The fraction of sp³-hybridized carbons (Fsp3) is 0.0833. The van der Waals surface area contributed by atoms with Gasteiger partial charge in [-0.05, 0) is 34.9 Å². The van der Waals surface area contributed by atoms with Gasteiger partial charge in [-0.25, -0.2) is 0 Å². The van der Waals surface area contributed by atoms with Gasteiger partial charge in [0.2, 0.25) is 0 Å². The van der Waals surface area contributed by atoms with E-state index in [0.717, 1.165) is 22.1 Å². The number of nitrogens with two attached hydrogens (primary N) is 1. The van der Waals surface area contributed by atoms with E-state index in [4.69, 9.17) is 15.3 Å². The number of aliphatic carboxylic acids is 1. The first kappa shape index (κ1) is 19.4. The molecule has 0 atom stereocenters. The first-order valence-corrected chi connectivity index (χ1v) is 9.48. The Labute approximate surface area is 172 Å². The number of carbonyl (C=O) groups is 2. The number of benzene rings is 3. The molecular weight excluding hydrogens is 380 g/mol. The van der Waals surface area contributed by atoms with Crippen molar-refractivity contribution in [1.82, 2.24) is 0 Å². The molecule has 1 heterocycles. The van der Waals surface area contributed by atoms with E-state index in [9.17, 15) is 9.59 Å². The zero-order valence-electron chi connectivity index (χ0n) is 16.1. The zero-order chi connectivity index (χ0) is 21.1. The van der Waals surface area contributed by atoms with Crippen LogP contribution in [0.15, 0.2) is 77.2 Å². The van der Waals surface area contributed by atoms with E-state index in [-0.39, 0.29) is 12.2 Å². The molecule has 0 fully saturated rings. The van der Waals surface area contributed by atoms with Crippen LogP contribution in [-0.4, -0.2) is 17.0 Å². The van der Waals surface area contributed by atoms with Crippen LogP contribution < -0.4 is 11.1 Å². The summed E-state index contributed by atoms with van der Waals surface area (Å²) in [5, 5.41) is 12.6. The molecule has 0 aliphatic heterocycles. The minimum absolute atomic E-state index is 0.151. The number of hydrogen-bond acceptors (Lipinski definition) is 4. The fourth-order valence-corrected chi connectivity index (χ4v) is 3.41. The second kappa shape index (κ2) is 8.23. The molecule has 0 radical (unpaired) electrons. The molecule has 3 aromatic carbocycles. The SMILES string of the molecule is NCc1cccc(-c2cccc3cc(C(=O)Nc4ccccc4CC(=O)O)oc23)c1. The normalized spacial score (nSPS) is 10.8. The van der Waals surface area contributed by atoms with Crippen LogP contribution in [0.4, 0.5) is 5.69 Å². The zero-order valence-corrected chi connectivity index (χ0v) is 16.1. The van der Waals surface area contributed by atoms with Gasteiger partial charge in [0.25, 0.3) is 5.91 Å². The van der Waals surface area contributed by atoms with Crippen molar-refractivity contribution in [3.63, 3.8) is 0 Å². The van der Waals surface area contributed by atoms with Gasteiger partial charge in [0.15, 0.2) is 5.76 Å². The summed E-state index contributed by atoms with van der Waals surface area (Å²) in [5.41, 5.74) is 10.2. The van der Waals surface area contributed by atoms with Crippen LogP contribution in [0.25, 0.3) is 22.1 Å². The van der Waals surface area contributed by atoms with Crippen molar-refractivity contribution in [3.8, 4) is 11.1 Å². The lowest BCUT2D eigenvalue weighted by Gasteiger charge is -2.08. The predicted molar refractivity (Wildman–Crippen MR) is 115 cm³/mol. The van der Waals surface area contributed by atoms with Crippen LogP contribution in [0.1, 0.15) is 21.7 Å². The Morgan fingerprint density at radius 2 is 1.77 bits per heavy atom. The van der Waals surface area contributed by atoms with Gasteiger partial charge in [0.1, 0.15) is 5.58 Å². The summed E-state index contributed by atoms with van der Waals surface area (Å²) in [6.45, 7) is 0.436. The van der Waals surface area contributed by atoms with E-state index in [1.165, 1.54) is 0 Å². The summed E-state index contributed by atoms with van der Waals surface area (Å²) in [4.78, 5) is 23.9. The lowest BCUT2D eigenvalue weighted by molar-refractivity contribution is -0.136. The molecule has 0 unspecified atom stereocenters. The van der Waals surface area contributed by atoms with Gasteiger partial charge in [0.05, 0.1) is 6.42 Å². The largest absolute Gasteiger partial charge is 0.481 e. The molecular formula is C24H20N2O4. The molecule has 1 aromatic heterocycles. The summed E-state index contributed by atoms with van der Waals surface area (Å²) >= 11 is 0. The van der Waals surface area contributed by atoms with Crippen molar-refractivity contribution >= 4 is 28.5 Å². The molecule has 4 aromatic rings. The molecule has 30 heavy (non-hydrogen) atoms. The predicted octanol–water partition coefficient (Wildman–Crippen LogP) is 4.44. The number of para-hydroxylation sites is 2. The quantitative estimate of drug-likeness (QED) is 0.444. The Kier molecular flexibility index (Phi) is 5.32. The lowest BCUT2D eigenvalue weighted by atomic mass is 10.0. The first-order valence-electron chi connectivity index (χ1n) is 9.48. The maximum atomic E-state index is 12.8. The molecule has 0 bridgehead atoms. The Balaban J connectivity index is 1.68. The Hall–Kier alpha value is -3.90.